The third-order valence-corrected chi connectivity index (χ3v) is 3.75. The average Bonchev–Trinajstić information content (AvgIpc) is 2.78. The van der Waals surface area contributed by atoms with Crippen LogP contribution < -0.4 is 11.4 Å². The van der Waals surface area contributed by atoms with Gasteiger partial charge in [0.2, 0.25) is 5.95 Å². The van der Waals surface area contributed by atoms with Crippen LogP contribution in [0.1, 0.15) is 33.9 Å². The SMILES string of the molecule is CC(=O)OC[C@@]1(C)O[C@@H](n2cnc(N)nc2=O)C(OC(C)=O)C1OC(C)=O. The van der Waals surface area contributed by atoms with E-state index >= 15 is 0 Å². The van der Waals surface area contributed by atoms with Crippen LogP contribution in [-0.4, -0.2) is 56.9 Å². The Balaban J connectivity index is 2.50. The monoisotopic (exact) mass is 384 g/mol. The van der Waals surface area contributed by atoms with E-state index in [9.17, 15) is 19.2 Å². The first-order chi connectivity index (χ1) is 12.5. The summed E-state index contributed by atoms with van der Waals surface area (Å²) in [5.41, 5.74) is 3.15. The largest absolute Gasteiger partial charge is 0.463 e. The summed E-state index contributed by atoms with van der Waals surface area (Å²) in [7, 11) is 0. The highest BCUT2D eigenvalue weighted by Gasteiger charge is 2.58. The first kappa shape index (κ1) is 20.3. The van der Waals surface area contributed by atoms with E-state index in [1.54, 1.807) is 0 Å². The van der Waals surface area contributed by atoms with E-state index in [1.807, 2.05) is 0 Å². The number of hydrogen-bond acceptors (Lipinski definition) is 11. The number of carbonyl (C=O) groups is 3. The summed E-state index contributed by atoms with van der Waals surface area (Å²) in [5, 5.41) is 0. The van der Waals surface area contributed by atoms with Crippen molar-refractivity contribution in [3.63, 3.8) is 0 Å². The van der Waals surface area contributed by atoms with Crippen LogP contribution in [0.2, 0.25) is 0 Å². The smallest absolute Gasteiger partial charge is 0.354 e. The molecule has 12 nitrogen and oxygen atoms in total. The van der Waals surface area contributed by atoms with Gasteiger partial charge in [0.25, 0.3) is 0 Å². The van der Waals surface area contributed by atoms with Crippen LogP contribution >= 0.6 is 0 Å². The second kappa shape index (κ2) is 7.70. The molecule has 0 amide bonds. The molecule has 0 spiro atoms. The van der Waals surface area contributed by atoms with E-state index in [0.29, 0.717) is 0 Å². The lowest BCUT2D eigenvalue weighted by molar-refractivity contribution is -0.174. The van der Waals surface area contributed by atoms with E-state index in [-0.39, 0.29) is 12.6 Å². The molecule has 2 heterocycles. The number of hydrogen-bond donors (Lipinski definition) is 1. The molecule has 148 valence electrons. The number of ether oxygens (including phenoxy) is 4. The molecular weight excluding hydrogens is 364 g/mol. The van der Waals surface area contributed by atoms with Gasteiger partial charge >= 0.3 is 23.6 Å². The van der Waals surface area contributed by atoms with Crippen molar-refractivity contribution in [1.82, 2.24) is 14.5 Å². The van der Waals surface area contributed by atoms with Crippen molar-refractivity contribution < 1.29 is 33.3 Å². The molecule has 0 saturated carbocycles. The van der Waals surface area contributed by atoms with Gasteiger partial charge < -0.3 is 24.7 Å². The normalized spacial score (nSPS) is 27.0. The minimum Gasteiger partial charge on any atom is -0.463 e. The number of anilines is 1. The van der Waals surface area contributed by atoms with Crippen LogP contribution in [-0.2, 0) is 33.3 Å². The zero-order chi connectivity index (χ0) is 20.4. The first-order valence-corrected chi connectivity index (χ1v) is 7.90. The summed E-state index contributed by atoms with van der Waals surface area (Å²) in [6.45, 7) is 4.66. The Morgan fingerprint density at radius 3 is 2.37 bits per heavy atom. The van der Waals surface area contributed by atoms with Crippen molar-refractivity contribution in [1.29, 1.82) is 0 Å². The van der Waals surface area contributed by atoms with Crippen LogP contribution in [0.3, 0.4) is 0 Å². The zero-order valence-corrected chi connectivity index (χ0v) is 15.2. The highest BCUT2D eigenvalue weighted by Crippen LogP contribution is 2.40. The van der Waals surface area contributed by atoms with Gasteiger partial charge in [0.15, 0.2) is 18.4 Å². The number of esters is 3. The van der Waals surface area contributed by atoms with Crippen molar-refractivity contribution >= 4 is 23.9 Å². The molecule has 0 radical (unpaired) electrons. The van der Waals surface area contributed by atoms with E-state index in [4.69, 9.17) is 24.7 Å². The molecule has 27 heavy (non-hydrogen) atoms. The molecule has 2 unspecified atom stereocenters. The first-order valence-electron chi connectivity index (χ1n) is 7.90. The van der Waals surface area contributed by atoms with Gasteiger partial charge in [-0.05, 0) is 6.92 Å². The van der Waals surface area contributed by atoms with E-state index in [1.165, 1.54) is 13.8 Å². The maximum atomic E-state index is 12.2. The molecular formula is C15H20N4O8. The lowest BCUT2D eigenvalue weighted by Gasteiger charge is -2.29. The topological polar surface area (TPSA) is 162 Å². The maximum absolute atomic E-state index is 12.2. The molecule has 1 aliphatic heterocycles. The minimum absolute atomic E-state index is 0.252. The molecule has 0 aromatic carbocycles. The summed E-state index contributed by atoms with van der Waals surface area (Å²) >= 11 is 0. The maximum Gasteiger partial charge on any atom is 0.354 e. The number of nitrogens with two attached hydrogens (primary N) is 1. The van der Waals surface area contributed by atoms with E-state index in [2.05, 4.69) is 9.97 Å². The quantitative estimate of drug-likeness (QED) is 0.486. The van der Waals surface area contributed by atoms with Crippen molar-refractivity contribution in [2.24, 2.45) is 0 Å². The van der Waals surface area contributed by atoms with Crippen molar-refractivity contribution in [2.45, 2.75) is 51.7 Å². The van der Waals surface area contributed by atoms with Crippen LogP contribution in [0.15, 0.2) is 11.1 Å². The van der Waals surface area contributed by atoms with Gasteiger partial charge in [-0.25, -0.2) is 9.78 Å². The number of carbonyl (C=O) groups excluding carboxylic acids is 3. The molecule has 0 bridgehead atoms. The molecule has 12 heteroatoms. The number of rotatable bonds is 5. The molecule has 1 fully saturated rings. The fourth-order valence-electron chi connectivity index (χ4n) is 2.70. The Bertz CT molecular complexity index is 809. The number of aromatic nitrogens is 3. The van der Waals surface area contributed by atoms with Gasteiger partial charge in [-0.3, -0.25) is 19.0 Å². The lowest BCUT2D eigenvalue weighted by atomic mass is 9.98. The number of nitrogens with zero attached hydrogens (tertiary/aromatic N) is 3. The van der Waals surface area contributed by atoms with Gasteiger partial charge in [-0.1, -0.05) is 0 Å². The molecule has 2 N–H and O–H groups in total. The predicted octanol–water partition coefficient (Wildman–Crippen LogP) is -1.07. The fourth-order valence-corrected chi connectivity index (χ4v) is 2.70. The van der Waals surface area contributed by atoms with E-state index in [0.717, 1.165) is 24.7 Å². The summed E-state index contributed by atoms with van der Waals surface area (Å²) in [6, 6.07) is 0. The van der Waals surface area contributed by atoms with Crippen molar-refractivity contribution in [2.75, 3.05) is 12.3 Å². The van der Waals surface area contributed by atoms with Crippen LogP contribution in [0, 0.1) is 0 Å². The van der Waals surface area contributed by atoms with Crippen LogP contribution in [0.5, 0.6) is 0 Å². The lowest BCUT2D eigenvalue weighted by Crippen LogP contribution is -2.48. The third kappa shape index (κ3) is 4.58. The third-order valence-electron chi connectivity index (χ3n) is 3.75. The van der Waals surface area contributed by atoms with Gasteiger partial charge in [0.05, 0.1) is 0 Å². The highest BCUT2D eigenvalue weighted by molar-refractivity contribution is 5.68. The molecule has 1 aliphatic rings. The van der Waals surface area contributed by atoms with Crippen molar-refractivity contribution in [3.8, 4) is 0 Å². The standard InChI is InChI=1S/C15H20N4O8/c1-7(20)24-5-15(4)11(26-9(3)22)10(25-8(2)21)12(27-15)19-6-17-13(16)18-14(19)23/h6,10-12H,5H2,1-4H3,(H2,16,18,23)/t10?,11?,12-,15-/m1/s1. The Morgan fingerprint density at radius 1 is 1.22 bits per heavy atom. The zero-order valence-electron chi connectivity index (χ0n) is 15.2. The van der Waals surface area contributed by atoms with Gasteiger partial charge in [-0.15, -0.1) is 0 Å². The highest BCUT2D eigenvalue weighted by atomic mass is 16.7. The summed E-state index contributed by atoms with van der Waals surface area (Å²) in [6.07, 6.45) is -2.58. The molecule has 1 saturated heterocycles. The Labute approximate surface area is 153 Å². The van der Waals surface area contributed by atoms with Crippen LogP contribution in [0.4, 0.5) is 5.95 Å². The van der Waals surface area contributed by atoms with Gasteiger partial charge in [0, 0.05) is 20.8 Å². The fraction of sp³-hybridized carbons (Fsp3) is 0.600. The van der Waals surface area contributed by atoms with Gasteiger partial charge in [0.1, 0.15) is 18.5 Å². The van der Waals surface area contributed by atoms with Crippen LogP contribution in [0.25, 0.3) is 0 Å². The molecule has 0 aliphatic carbocycles. The predicted molar refractivity (Wildman–Crippen MR) is 87.0 cm³/mol. The molecule has 1 aromatic heterocycles. The molecule has 4 atom stereocenters. The number of nitrogen functional groups attached to an aromatic ring is 1. The Hall–Kier alpha value is -3.02. The van der Waals surface area contributed by atoms with Gasteiger partial charge in [-0.2, -0.15) is 4.98 Å². The summed E-state index contributed by atoms with van der Waals surface area (Å²) in [5.74, 6) is -2.23. The Kier molecular flexibility index (Phi) is 5.78. The molecule has 1 aromatic rings. The molecule has 2 rings (SSSR count). The second-order valence-corrected chi connectivity index (χ2v) is 6.11. The van der Waals surface area contributed by atoms with E-state index < -0.39 is 47.6 Å². The summed E-state index contributed by atoms with van der Waals surface area (Å²) in [4.78, 5) is 53.8. The average molecular weight is 384 g/mol. The Morgan fingerprint density at radius 2 is 1.85 bits per heavy atom. The second-order valence-electron chi connectivity index (χ2n) is 6.11. The van der Waals surface area contributed by atoms with Crippen molar-refractivity contribution in [3.05, 3.63) is 16.8 Å². The minimum atomic E-state index is -1.41. The summed E-state index contributed by atoms with van der Waals surface area (Å²) < 4.78 is 22.3.